The van der Waals surface area contributed by atoms with Crippen LogP contribution in [0.4, 0.5) is 0 Å². The molecule has 7 atom stereocenters. The van der Waals surface area contributed by atoms with Gasteiger partial charge in [-0.2, -0.15) is 13.5 Å². The fourth-order valence-electron chi connectivity index (χ4n) is 7.30. The number of hydrogen-bond donors (Lipinski definition) is 2. The second-order valence-corrected chi connectivity index (χ2v) is 11.9. The van der Waals surface area contributed by atoms with Gasteiger partial charge in [-0.15, -0.1) is 0 Å². The normalized spacial score (nSPS) is 39.8. The summed E-state index contributed by atoms with van der Waals surface area (Å²) >= 11 is 0. The van der Waals surface area contributed by atoms with Crippen molar-refractivity contribution in [3.63, 3.8) is 0 Å². The van der Waals surface area contributed by atoms with E-state index < -0.39 is 10.0 Å². The van der Waals surface area contributed by atoms with Crippen LogP contribution >= 0.6 is 0 Å². The largest absolute Gasteiger partial charge is 0.393 e. The lowest BCUT2D eigenvalue weighted by Gasteiger charge is -2.52. The molecule has 0 aromatic heterocycles. The van der Waals surface area contributed by atoms with Crippen molar-refractivity contribution in [3.8, 4) is 0 Å². The number of hydrogen-bond acceptors (Lipinski definition) is 4. The van der Waals surface area contributed by atoms with Crippen LogP contribution in [0, 0.1) is 42.4 Å². The molecule has 1 aromatic rings. The van der Waals surface area contributed by atoms with Gasteiger partial charge in [-0.25, -0.2) is 4.83 Å². The zero-order valence-corrected chi connectivity index (χ0v) is 18.7. The first-order valence-corrected chi connectivity index (χ1v) is 13.2. The molecule has 0 amide bonds. The topological polar surface area (TPSA) is 78.8 Å². The number of aliphatic hydroxyl groups excluding tert-OH is 1. The summed E-state index contributed by atoms with van der Waals surface area (Å²) in [5.74, 6) is 4.20. The molecule has 1 aromatic carbocycles. The van der Waals surface area contributed by atoms with Gasteiger partial charge in [0, 0.05) is 11.6 Å². The Morgan fingerprint density at radius 3 is 2.40 bits per heavy atom. The molecular weight excluding hydrogens is 396 g/mol. The molecule has 0 aliphatic heterocycles. The van der Waals surface area contributed by atoms with Gasteiger partial charge in [-0.1, -0.05) is 17.7 Å². The van der Waals surface area contributed by atoms with Gasteiger partial charge in [-0.3, -0.25) is 0 Å². The Balaban J connectivity index is 1.28. The van der Waals surface area contributed by atoms with Gasteiger partial charge in [0.1, 0.15) is 0 Å². The molecule has 0 unspecified atom stereocenters. The van der Waals surface area contributed by atoms with Crippen molar-refractivity contribution in [1.82, 2.24) is 4.83 Å². The van der Waals surface area contributed by atoms with Crippen LogP contribution in [-0.4, -0.2) is 25.3 Å². The highest BCUT2D eigenvalue weighted by Crippen LogP contribution is 2.57. The monoisotopic (exact) mass is 430 g/mol. The summed E-state index contributed by atoms with van der Waals surface area (Å²) in [5.41, 5.74) is 2.10. The van der Waals surface area contributed by atoms with Crippen LogP contribution in [0.25, 0.3) is 0 Å². The number of fused-ring (bicyclic) bond motifs is 5. The molecular formula is C24H34N2O3S. The molecule has 0 bridgehead atoms. The minimum Gasteiger partial charge on any atom is -0.393 e. The van der Waals surface area contributed by atoms with E-state index in [2.05, 4.69) is 9.93 Å². The molecule has 4 fully saturated rings. The van der Waals surface area contributed by atoms with E-state index in [1.54, 1.807) is 12.1 Å². The molecule has 0 radical (unpaired) electrons. The zero-order valence-electron chi connectivity index (χ0n) is 17.8. The standard InChI is InChI=1S/C24H34N2O3S/c1-15-2-6-18(7-3-15)30(28,29)26-25-24-13-12-22-21-8-4-16-14-17(27)5-9-19(16)20(21)10-11-23(22)24/h2-3,6-7,16-17,19-23,26-27H,4-5,8-14H2,1H3/b25-24-/t16-,17-,19-,20-,21-,22-,23+/m0/s1. The fourth-order valence-corrected chi connectivity index (χ4v) is 8.13. The second-order valence-electron chi connectivity index (χ2n) is 10.2. The summed E-state index contributed by atoms with van der Waals surface area (Å²) in [7, 11) is -3.61. The van der Waals surface area contributed by atoms with E-state index in [9.17, 15) is 13.5 Å². The lowest BCUT2D eigenvalue weighted by atomic mass is 9.53. The van der Waals surface area contributed by atoms with Crippen LogP contribution in [0.5, 0.6) is 0 Å². The molecule has 4 aliphatic carbocycles. The average molecular weight is 431 g/mol. The van der Waals surface area contributed by atoms with Gasteiger partial charge in [0.25, 0.3) is 10.0 Å². The first-order chi connectivity index (χ1) is 14.4. The molecule has 164 valence electrons. The highest BCUT2D eigenvalue weighted by Gasteiger charge is 2.51. The van der Waals surface area contributed by atoms with E-state index in [-0.39, 0.29) is 11.0 Å². The van der Waals surface area contributed by atoms with Crippen molar-refractivity contribution < 1.29 is 13.5 Å². The van der Waals surface area contributed by atoms with Gasteiger partial charge in [0.05, 0.1) is 11.0 Å². The van der Waals surface area contributed by atoms with E-state index in [0.717, 1.165) is 67.1 Å². The summed E-state index contributed by atoms with van der Waals surface area (Å²) in [6, 6.07) is 6.91. The highest BCUT2D eigenvalue weighted by atomic mass is 32.2. The van der Waals surface area contributed by atoms with Crippen molar-refractivity contribution >= 4 is 15.7 Å². The van der Waals surface area contributed by atoms with Crippen molar-refractivity contribution in [2.75, 3.05) is 0 Å². The molecule has 4 aliphatic rings. The summed E-state index contributed by atoms with van der Waals surface area (Å²) in [6.07, 6.45) is 10.1. The van der Waals surface area contributed by atoms with Gasteiger partial charge in [0.2, 0.25) is 0 Å². The molecule has 0 saturated heterocycles. The molecule has 30 heavy (non-hydrogen) atoms. The van der Waals surface area contributed by atoms with Crippen molar-refractivity contribution in [2.24, 2.45) is 40.6 Å². The molecule has 2 N–H and O–H groups in total. The fraction of sp³-hybridized carbons (Fsp3) is 0.708. The maximum atomic E-state index is 12.6. The SMILES string of the molecule is Cc1ccc(S(=O)(=O)N/N=C2/CC[C@H]3[C@H]4CC[C@H]5C[C@@H](O)CC[C@@H]5[C@@H]4CC[C@@H]23)cc1. The van der Waals surface area contributed by atoms with Crippen LogP contribution in [0.1, 0.15) is 63.4 Å². The third kappa shape index (κ3) is 3.70. The maximum Gasteiger partial charge on any atom is 0.276 e. The average Bonchev–Trinajstić information content (AvgIpc) is 3.15. The maximum absolute atomic E-state index is 12.6. The minimum atomic E-state index is -3.61. The number of benzene rings is 1. The molecule has 5 nitrogen and oxygen atoms in total. The van der Waals surface area contributed by atoms with Gasteiger partial charge in [0.15, 0.2) is 0 Å². The van der Waals surface area contributed by atoms with Crippen molar-refractivity contribution in [3.05, 3.63) is 29.8 Å². The Morgan fingerprint density at radius 2 is 1.60 bits per heavy atom. The zero-order chi connectivity index (χ0) is 20.9. The van der Waals surface area contributed by atoms with Crippen molar-refractivity contribution in [2.45, 2.75) is 75.7 Å². The molecule has 4 saturated carbocycles. The molecule has 6 heteroatoms. The highest BCUT2D eigenvalue weighted by molar-refractivity contribution is 7.89. The number of hydrazone groups is 1. The summed E-state index contributed by atoms with van der Waals surface area (Å²) in [5, 5.41) is 14.5. The minimum absolute atomic E-state index is 0.0779. The van der Waals surface area contributed by atoms with Crippen molar-refractivity contribution in [1.29, 1.82) is 0 Å². The Morgan fingerprint density at radius 1 is 0.900 bits per heavy atom. The van der Waals surface area contributed by atoms with Crippen LogP contribution in [0.3, 0.4) is 0 Å². The number of rotatable bonds is 3. The van der Waals surface area contributed by atoms with E-state index in [0.29, 0.717) is 11.8 Å². The van der Waals surface area contributed by atoms with E-state index >= 15 is 0 Å². The van der Waals surface area contributed by atoms with Crippen LogP contribution in [-0.2, 0) is 10.0 Å². The Hall–Kier alpha value is -1.40. The summed E-state index contributed by atoms with van der Waals surface area (Å²) in [4.78, 5) is 2.80. The smallest absolute Gasteiger partial charge is 0.276 e. The van der Waals surface area contributed by atoms with Gasteiger partial charge in [-0.05, 0) is 106 Å². The number of aryl methyl sites for hydroxylation is 1. The predicted molar refractivity (Wildman–Crippen MR) is 117 cm³/mol. The Kier molecular flexibility index (Phi) is 5.42. The second kappa shape index (κ2) is 7.94. The lowest BCUT2D eigenvalue weighted by molar-refractivity contribution is -0.0411. The van der Waals surface area contributed by atoms with Gasteiger partial charge < -0.3 is 5.11 Å². The third-order valence-corrected chi connectivity index (χ3v) is 9.89. The predicted octanol–water partition coefficient (Wildman–Crippen LogP) is 4.25. The molecule has 0 spiro atoms. The number of sulfonamides is 1. The third-order valence-electron chi connectivity index (χ3n) is 8.66. The number of aliphatic hydroxyl groups is 1. The first-order valence-electron chi connectivity index (χ1n) is 11.8. The number of nitrogens with one attached hydrogen (secondary N) is 1. The van der Waals surface area contributed by atoms with Crippen LogP contribution in [0.2, 0.25) is 0 Å². The van der Waals surface area contributed by atoms with E-state index in [1.165, 1.54) is 25.7 Å². The van der Waals surface area contributed by atoms with Crippen LogP contribution < -0.4 is 4.83 Å². The molecule has 0 heterocycles. The van der Waals surface area contributed by atoms with Crippen LogP contribution in [0.15, 0.2) is 34.3 Å². The Labute approximate surface area is 180 Å². The van der Waals surface area contributed by atoms with Gasteiger partial charge >= 0.3 is 0 Å². The quantitative estimate of drug-likeness (QED) is 0.704. The Bertz CT molecular complexity index is 911. The lowest BCUT2D eigenvalue weighted by Crippen LogP contribution is -2.45. The summed E-state index contributed by atoms with van der Waals surface area (Å²) < 4.78 is 25.3. The summed E-state index contributed by atoms with van der Waals surface area (Å²) in [6.45, 7) is 1.95. The van der Waals surface area contributed by atoms with E-state index in [4.69, 9.17) is 0 Å². The molecule has 5 rings (SSSR count). The first kappa shape index (κ1) is 20.5. The van der Waals surface area contributed by atoms with E-state index in [1.807, 2.05) is 19.1 Å². The number of nitrogens with zero attached hydrogens (tertiary/aromatic N) is 1.